The molecule has 2 rings (SSSR count). The van der Waals surface area contributed by atoms with Crippen molar-refractivity contribution in [2.45, 2.75) is 0 Å². The van der Waals surface area contributed by atoms with Crippen LogP contribution in [0.25, 0.3) is 0 Å². The number of amides is 1. The number of nitro groups is 1. The number of hydrogen-bond acceptors (Lipinski definition) is 5. The zero-order valence-corrected chi connectivity index (χ0v) is 10.7. The van der Waals surface area contributed by atoms with E-state index in [1.54, 1.807) is 24.5 Å². The molecule has 2 N–H and O–H groups in total. The minimum atomic E-state index is -0.533. The van der Waals surface area contributed by atoms with Crippen LogP contribution >= 0.6 is 0 Å². The largest absolute Gasteiger partial charge is 0.382 e. The summed E-state index contributed by atoms with van der Waals surface area (Å²) in [5.74, 6) is -0.427. The van der Waals surface area contributed by atoms with Crippen LogP contribution in [0, 0.1) is 10.1 Å². The summed E-state index contributed by atoms with van der Waals surface area (Å²) < 4.78 is 0. The van der Waals surface area contributed by atoms with Gasteiger partial charge in [-0.25, -0.2) is 0 Å². The fraction of sp³-hybridized carbons (Fsp3) is 0.0769. The number of nitrogens with one attached hydrogen (secondary N) is 2. The van der Waals surface area contributed by atoms with E-state index < -0.39 is 10.8 Å². The highest BCUT2D eigenvalue weighted by Gasteiger charge is 2.20. The Balaban J connectivity index is 2.35. The molecule has 0 fully saturated rings. The van der Waals surface area contributed by atoms with E-state index in [0.717, 1.165) is 0 Å². The van der Waals surface area contributed by atoms with E-state index in [4.69, 9.17) is 0 Å². The lowest BCUT2D eigenvalue weighted by Crippen LogP contribution is -2.14. The standard InChI is InChI=1S/C13H12N4O3/c1-14-12-10(3-2-4-11(12)17(19)20)13(18)16-9-5-7-15-8-6-9/h2-8,14H,1H3,(H,15,16,18). The van der Waals surface area contributed by atoms with Crippen LogP contribution in [0.4, 0.5) is 17.1 Å². The van der Waals surface area contributed by atoms with E-state index in [-0.39, 0.29) is 16.9 Å². The van der Waals surface area contributed by atoms with Gasteiger partial charge in [-0.3, -0.25) is 19.9 Å². The molecule has 102 valence electrons. The molecule has 1 amide bonds. The summed E-state index contributed by atoms with van der Waals surface area (Å²) in [5, 5.41) is 16.3. The average molecular weight is 272 g/mol. The molecule has 2 aromatic rings. The van der Waals surface area contributed by atoms with Gasteiger partial charge in [-0.15, -0.1) is 0 Å². The molecule has 0 aliphatic carbocycles. The third-order valence-corrected chi connectivity index (χ3v) is 2.67. The summed E-state index contributed by atoms with van der Waals surface area (Å²) in [4.78, 5) is 26.4. The van der Waals surface area contributed by atoms with Crippen LogP contribution in [-0.4, -0.2) is 22.9 Å². The summed E-state index contributed by atoms with van der Waals surface area (Å²) in [6, 6.07) is 7.60. The number of anilines is 2. The van der Waals surface area contributed by atoms with Gasteiger partial charge in [-0.05, 0) is 18.2 Å². The number of pyridine rings is 1. The number of carbonyl (C=O) groups excluding carboxylic acids is 1. The summed E-state index contributed by atoms with van der Waals surface area (Å²) >= 11 is 0. The summed E-state index contributed by atoms with van der Waals surface area (Å²) in [6.07, 6.45) is 3.09. The van der Waals surface area contributed by atoms with E-state index >= 15 is 0 Å². The fourth-order valence-corrected chi connectivity index (χ4v) is 1.78. The first-order valence-electron chi connectivity index (χ1n) is 5.80. The molecule has 20 heavy (non-hydrogen) atoms. The zero-order valence-electron chi connectivity index (χ0n) is 10.7. The van der Waals surface area contributed by atoms with Crippen molar-refractivity contribution in [3.8, 4) is 0 Å². The Labute approximate surface area is 114 Å². The molecule has 1 heterocycles. The van der Waals surface area contributed by atoms with Crippen LogP contribution in [0.2, 0.25) is 0 Å². The molecule has 0 atom stereocenters. The van der Waals surface area contributed by atoms with Gasteiger partial charge in [-0.2, -0.15) is 0 Å². The highest BCUT2D eigenvalue weighted by atomic mass is 16.6. The predicted octanol–water partition coefficient (Wildman–Crippen LogP) is 2.28. The number of rotatable bonds is 4. The number of nitro benzene ring substituents is 1. The molecule has 0 aliphatic heterocycles. The maximum atomic E-state index is 12.2. The third-order valence-electron chi connectivity index (χ3n) is 2.67. The maximum Gasteiger partial charge on any atom is 0.293 e. The van der Waals surface area contributed by atoms with E-state index in [0.29, 0.717) is 5.69 Å². The van der Waals surface area contributed by atoms with Crippen LogP contribution in [-0.2, 0) is 0 Å². The molecule has 0 saturated carbocycles. The highest BCUT2D eigenvalue weighted by Crippen LogP contribution is 2.28. The Bertz CT molecular complexity index is 643. The smallest absolute Gasteiger partial charge is 0.293 e. The topological polar surface area (TPSA) is 97.2 Å². The Morgan fingerprint density at radius 2 is 1.95 bits per heavy atom. The molecule has 0 bridgehead atoms. The van der Waals surface area contributed by atoms with Crippen molar-refractivity contribution < 1.29 is 9.72 Å². The Morgan fingerprint density at radius 1 is 1.25 bits per heavy atom. The van der Waals surface area contributed by atoms with Crippen molar-refractivity contribution in [1.82, 2.24) is 4.98 Å². The van der Waals surface area contributed by atoms with Gasteiger partial charge >= 0.3 is 0 Å². The van der Waals surface area contributed by atoms with Gasteiger partial charge in [0.05, 0.1) is 10.5 Å². The van der Waals surface area contributed by atoms with Crippen molar-refractivity contribution >= 4 is 23.0 Å². The molecule has 1 aromatic heterocycles. The highest BCUT2D eigenvalue weighted by molar-refractivity contribution is 6.09. The first-order chi connectivity index (χ1) is 9.63. The quantitative estimate of drug-likeness (QED) is 0.657. The molecular weight excluding hydrogens is 260 g/mol. The third kappa shape index (κ3) is 2.72. The molecule has 0 aliphatic rings. The summed E-state index contributed by atoms with van der Waals surface area (Å²) in [6.45, 7) is 0. The van der Waals surface area contributed by atoms with E-state index in [2.05, 4.69) is 15.6 Å². The molecule has 0 radical (unpaired) electrons. The van der Waals surface area contributed by atoms with Crippen LogP contribution in [0.15, 0.2) is 42.7 Å². The van der Waals surface area contributed by atoms with Crippen LogP contribution in [0.5, 0.6) is 0 Å². The monoisotopic (exact) mass is 272 g/mol. The molecule has 1 aromatic carbocycles. The molecule has 0 saturated heterocycles. The lowest BCUT2D eigenvalue weighted by atomic mass is 10.1. The Hall–Kier alpha value is -2.96. The van der Waals surface area contributed by atoms with Gasteiger partial charge in [0.2, 0.25) is 0 Å². The van der Waals surface area contributed by atoms with Gasteiger partial charge in [-0.1, -0.05) is 6.07 Å². The lowest BCUT2D eigenvalue weighted by Gasteiger charge is -2.09. The van der Waals surface area contributed by atoms with Gasteiger partial charge in [0.1, 0.15) is 5.69 Å². The van der Waals surface area contributed by atoms with Crippen molar-refractivity contribution in [3.05, 3.63) is 58.4 Å². The fourth-order valence-electron chi connectivity index (χ4n) is 1.78. The van der Waals surface area contributed by atoms with Crippen molar-refractivity contribution in [2.75, 3.05) is 17.7 Å². The molecule has 7 nitrogen and oxygen atoms in total. The van der Waals surface area contributed by atoms with Gasteiger partial charge in [0.25, 0.3) is 11.6 Å². The number of para-hydroxylation sites is 1. The molecule has 0 unspecified atom stereocenters. The van der Waals surface area contributed by atoms with E-state index in [9.17, 15) is 14.9 Å². The number of aromatic nitrogens is 1. The Kier molecular flexibility index (Phi) is 3.90. The van der Waals surface area contributed by atoms with Crippen molar-refractivity contribution in [3.63, 3.8) is 0 Å². The number of benzene rings is 1. The minimum Gasteiger partial charge on any atom is -0.382 e. The summed E-state index contributed by atoms with van der Waals surface area (Å²) in [7, 11) is 1.53. The van der Waals surface area contributed by atoms with Crippen molar-refractivity contribution in [2.24, 2.45) is 0 Å². The zero-order chi connectivity index (χ0) is 14.5. The first-order valence-corrected chi connectivity index (χ1v) is 5.80. The number of carbonyl (C=O) groups is 1. The molecule has 0 spiro atoms. The van der Waals surface area contributed by atoms with Crippen molar-refractivity contribution in [1.29, 1.82) is 0 Å². The second-order valence-electron chi connectivity index (χ2n) is 3.90. The van der Waals surface area contributed by atoms with E-state index in [1.807, 2.05) is 0 Å². The number of nitrogens with zero attached hydrogens (tertiary/aromatic N) is 2. The predicted molar refractivity (Wildman–Crippen MR) is 74.8 cm³/mol. The second kappa shape index (κ2) is 5.79. The SMILES string of the molecule is CNc1c(C(=O)Nc2ccncc2)cccc1[N+](=O)[O-]. The second-order valence-corrected chi connectivity index (χ2v) is 3.90. The molecule has 7 heteroatoms. The normalized spacial score (nSPS) is 9.85. The van der Waals surface area contributed by atoms with Crippen LogP contribution < -0.4 is 10.6 Å². The van der Waals surface area contributed by atoms with E-state index in [1.165, 1.54) is 25.2 Å². The average Bonchev–Trinajstić information content (AvgIpc) is 2.47. The Morgan fingerprint density at radius 3 is 2.55 bits per heavy atom. The van der Waals surface area contributed by atoms with Crippen LogP contribution in [0.1, 0.15) is 10.4 Å². The van der Waals surface area contributed by atoms with Gasteiger partial charge in [0, 0.05) is 31.2 Å². The van der Waals surface area contributed by atoms with Gasteiger partial charge in [0.15, 0.2) is 0 Å². The minimum absolute atomic E-state index is 0.144. The molecular formula is C13H12N4O3. The summed E-state index contributed by atoms with van der Waals surface area (Å²) in [5.41, 5.74) is 0.816. The van der Waals surface area contributed by atoms with Crippen LogP contribution in [0.3, 0.4) is 0 Å². The first kappa shape index (κ1) is 13.5. The number of hydrogen-bond donors (Lipinski definition) is 2. The van der Waals surface area contributed by atoms with Gasteiger partial charge < -0.3 is 10.6 Å². The lowest BCUT2D eigenvalue weighted by molar-refractivity contribution is -0.384. The maximum absolute atomic E-state index is 12.2.